The van der Waals surface area contributed by atoms with Crippen LogP contribution < -0.4 is 5.32 Å². The molecule has 0 fully saturated rings. The maximum Gasteiger partial charge on any atom is 0.220 e. The van der Waals surface area contributed by atoms with Crippen molar-refractivity contribution < 1.29 is 9.21 Å². The van der Waals surface area contributed by atoms with Crippen LogP contribution in [-0.4, -0.2) is 27.2 Å². The minimum absolute atomic E-state index is 0.0134. The van der Waals surface area contributed by atoms with Gasteiger partial charge in [-0.3, -0.25) is 4.79 Å². The number of aryl methyl sites for hydroxylation is 2. The first-order chi connectivity index (χ1) is 14.7. The molecule has 2 aromatic heterocycles. The number of hydrogen-bond donors (Lipinski definition) is 1. The second kappa shape index (κ2) is 9.22. The molecule has 0 aliphatic rings. The normalized spacial score (nSPS) is 10.8. The van der Waals surface area contributed by atoms with E-state index < -0.39 is 0 Å². The number of aromatic nitrogens is 3. The Balaban J connectivity index is 1.21. The fourth-order valence-corrected chi connectivity index (χ4v) is 3.14. The molecule has 2 heterocycles. The predicted octanol–water partition coefficient (Wildman–Crippen LogP) is 4.13. The Kier molecular flexibility index (Phi) is 6.03. The summed E-state index contributed by atoms with van der Waals surface area (Å²) in [6, 6.07) is 18.0. The van der Waals surface area contributed by atoms with Crippen molar-refractivity contribution in [1.82, 2.24) is 20.1 Å². The molecule has 6 heteroatoms. The van der Waals surface area contributed by atoms with Crippen molar-refractivity contribution in [3.05, 3.63) is 90.2 Å². The number of para-hydroxylation sites is 1. The number of amides is 1. The first-order valence-electron chi connectivity index (χ1n) is 10.0. The SMILES string of the molecule is Cc1ccc(-c2cnc(CCC(=O)NCCc3cnn(-c4ccccc4)c3)o2)cc1. The number of carbonyl (C=O) groups excluding carboxylic acids is 1. The van der Waals surface area contributed by atoms with Crippen molar-refractivity contribution >= 4 is 5.91 Å². The van der Waals surface area contributed by atoms with Crippen LogP contribution in [0, 0.1) is 6.92 Å². The molecule has 0 bridgehead atoms. The summed E-state index contributed by atoms with van der Waals surface area (Å²) in [5.41, 5.74) is 4.28. The maximum atomic E-state index is 12.1. The second-order valence-corrected chi connectivity index (χ2v) is 7.21. The molecule has 4 aromatic rings. The quantitative estimate of drug-likeness (QED) is 0.483. The van der Waals surface area contributed by atoms with E-state index in [1.54, 1.807) is 6.20 Å². The summed E-state index contributed by atoms with van der Waals surface area (Å²) in [6.07, 6.45) is 7.08. The van der Waals surface area contributed by atoms with E-state index in [0.29, 0.717) is 25.3 Å². The van der Waals surface area contributed by atoms with Crippen LogP contribution in [0.5, 0.6) is 0 Å². The van der Waals surface area contributed by atoms with Gasteiger partial charge in [-0.05, 0) is 31.0 Å². The first kappa shape index (κ1) is 19.6. The fraction of sp³-hybridized carbons (Fsp3) is 0.208. The zero-order valence-corrected chi connectivity index (χ0v) is 16.9. The lowest BCUT2D eigenvalue weighted by molar-refractivity contribution is -0.121. The van der Waals surface area contributed by atoms with E-state index >= 15 is 0 Å². The van der Waals surface area contributed by atoms with Gasteiger partial charge in [-0.2, -0.15) is 5.10 Å². The topological polar surface area (TPSA) is 73.0 Å². The Morgan fingerprint density at radius 2 is 1.83 bits per heavy atom. The summed E-state index contributed by atoms with van der Waals surface area (Å²) in [7, 11) is 0. The molecule has 0 aliphatic carbocycles. The van der Waals surface area contributed by atoms with Crippen LogP contribution in [0.3, 0.4) is 0 Å². The molecule has 1 amide bonds. The van der Waals surface area contributed by atoms with Gasteiger partial charge in [-0.15, -0.1) is 0 Å². The Labute approximate surface area is 175 Å². The van der Waals surface area contributed by atoms with E-state index in [1.165, 1.54) is 5.56 Å². The third kappa shape index (κ3) is 5.03. The monoisotopic (exact) mass is 400 g/mol. The van der Waals surface area contributed by atoms with Gasteiger partial charge in [-0.25, -0.2) is 9.67 Å². The molecule has 0 radical (unpaired) electrons. The van der Waals surface area contributed by atoms with Gasteiger partial charge in [0.15, 0.2) is 11.7 Å². The Hall–Kier alpha value is -3.67. The van der Waals surface area contributed by atoms with Crippen LogP contribution in [-0.2, 0) is 17.6 Å². The lowest BCUT2D eigenvalue weighted by atomic mass is 10.1. The number of nitrogens with zero attached hydrogens (tertiary/aromatic N) is 3. The lowest BCUT2D eigenvalue weighted by Crippen LogP contribution is -2.25. The van der Waals surface area contributed by atoms with E-state index in [2.05, 4.69) is 15.4 Å². The molecule has 0 spiro atoms. The van der Waals surface area contributed by atoms with Crippen molar-refractivity contribution in [3.63, 3.8) is 0 Å². The Bertz CT molecular complexity index is 1100. The third-order valence-corrected chi connectivity index (χ3v) is 4.85. The van der Waals surface area contributed by atoms with Crippen LogP contribution in [0.25, 0.3) is 17.0 Å². The van der Waals surface area contributed by atoms with E-state index in [1.807, 2.05) is 78.6 Å². The summed E-state index contributed by atoms with van der Waals surface area (Å²) in [5.74, 6) is 1.28. The molecular weight excluding hydrogens is 376 g/mol. The first-order valence-corrected chi connectivity index (χ1v) is 10.0. The van der Waals surface area contributed by atoms with Gasteiger partial charge in [0, 0.05) is 31.1 Å². The molecule has 6 nitrogen and oxygen atoms in total. The fourth-order valence-electron chi connectivity index (χ4n) is 3.14. The van der Waals surface area contributed by atoms with Crippen LogP contribution in [0.15, 0.2) is 77.6 Å². The largest absolute Gasteiger partial charge is 0.441 e. The Morgan fingerprint density at radius 3 is 2.63 bits per heavy atom. The minimum Gasteiger partial charge on any atom is -0.441 e. The molecule has 4 rings (SSSR count). The number of nitrogens with one attached hydrogen (secondary N) is 1. The van der Waals surface area contributed by atoms with Gasteiger partial charge >= 0.3 is 0 Å². The smallest absolute Gasteiger partial charge is 0.220 e. The number of carbonyl (C=O) groups is 1. The number of hydrogen-bond acceptors (Lipinski definition) is 4. The second-order valence-electron chi connectivity index (χ2n) is 7.21. The zero-order chi connectivity index (χ0) is 20.8. The summed E-state index contributed by atoms with van der Waals surface area (Å²) >= 11 is 0. The molecule has 1 N–H and O–H groups in total. The molecule has 0 saturated carbocycles. The van der Waals surface area contributed by atoms with Gasteiger partial charge in [0.25, 0.3) is 0 Å². The number of benzene rings is 2. The lowest BCUT2D eigenvalue weighted by Gasteiger charge is -2.03. The zero-order valence-electron chi connectivity index (χ0n) is 16.9. The summed E-state index contributed by atoms with van der Waals surface area (Å²) in [6.45, 7) is 2.61. The third-order valence-electron chi connectivity index (χ3n) is 4.85. The molecule has 152 valence electrons. The minimum atomic E-state index is -0.0134. The average Bonchev–Trinajstić information content (AvgIpc) is 3.43. The van der Waals surface area contributed by atoms with Gasteiger partial charge in [0.2, 0.25) is 5.91 Å². The molecule has 0 atom stereocenters. The van der Waals surface area contributed by atoms with E-state index in [-0.39, 0.29) is 5.91 Å². The Morgan fingerprint density at radius 1 is 1.03 bits per heavy atom. The summed E-state index contributed by atoms with van der Waals surface area (Å²) < 4.78 is 7.62. The van der Waals surface area contributed by atoms with Gasteiger partial charge in [-0.1, -0.05) is 48.0 Å². The predicted molar refractivity (Wildman–Crippen MR) is 115 cm³/mol. The van der Waals surface area contributed by atoms with Crippen molar-refractivity contribution in [3.8, 4) is 17.0 Å². The standard InChI is InChI=1S/C24H24N4O2/c1-18-7-9-20(10-8-18)22-16-26-24(30-22)12-11-23(29)25-14-13-19-15-27-28(17-19)21-5-3-2-4-6-21/h2-10,15-17H,11-14H2,1H3,(H,25,29). The average molecular weight is 400 g/mol. The molecule has 0 unspecified atom stereocenters. The number of rotatable bonds is 8. The van der Waals surface area contributed by atoms with E-state index in [9.17, 15) is 4.79 Å². The molecule has 2 aromatic carbocycles. The van der Waals surface area contributed by atoms with Gasteiger partial charge in [0.1, 0.15) is 0 Å². The summed E-state index contributed by atoms with van der Waals surface area (Å²) in [5, 5.41) is 7.33. The van der Waals surface area contributed by atoms with Crippen molar-refractivity contribution in [1.29, 1.82) is 0 Å². The van der Waals surface area contributed by atoms with Crippen LogP contribution in [0.2, 0.25) is 0 Å². The highest BCUT2D eigenvalue weighted by Gasteiger charge is 2.09. The van der Waals surface area contributed by atoms with E-state index in [4.69, 9.17) is 4.42 Å². The summed E-state index contributed by atoms with van der Waals surface area (Å²) in [4.78, 5) is 16.4. The van der Waals surface area contributed by atoms with E-state index in [0.717, 1.165) is 29.0 Å². The molecule has 0 aliphatic heterocycles. The van der Waals surface area contributed by atoms with Gasteiger partial charge < -0.3 is 9.73 Å². The van der Waals surface area contributed by atoms with Gasteiger partial charge in [0.05, 0.1) is 18.1 Å². The van der Waals surface area contributed by atoms with Crippen LogP contribution in [0.4, 0.5) is 0 Å². The number of oxazole rings is 1. The van der Waals surface area contributed by atoms with Crippen LogP contribution in [0.1, 0.15) is 23.4 Å². The molecule has 30 heavy (non-hydrogen) atoms. The highest BCUT2D eigenvalue weighted by Crippen LogP contribution is 2.21. The molecule has 0 saturated heterocycles. The van der Waals surface area contributed by atoms with Crippen molar-refractivity contribution in [2.45, 2.75) is 26.2 Å². The van der Waals surface area contributed by atoms with Crippen LogP contribution >= 0.6 is 0 Å². The highest BCUT2D eigenvalue weighted by atomic mass is 16.4. The maximum absolute atomic E-state index is 12.1. The highest BCUT2D eigenvalue weighted by molar-refractivity contribution is 5.76. The van der Waals surface area contributed by atoms with Crippen molar-refractivity contribution in [2.24, 2.45) is 0 Å². The van der Waals surface area contributed by atoms with Crippen molar-refractivity contribution in [2.75, 3.05) is 6.54 Å². The molecular formula is C24H24N4O2.